The van der Waals surface area contributed by atoms with Crippen molar-refractivity contribution in [2.24, 2.45) is 5.41 Å². The van der Waals surface area contributed by atoms with E-state index in [0.717, 1.165) is 79.2 Å². The van der Waals surface area contributed by atoms with Crippen LogP contribution in [-0.4, -0.2) is 45.4 Å². The zero-order valence-electron chi connectivity index (χ0n) is 19.1. The van der Waals surface area contributed by atoms with E-state index in [1.54, 1.807) is 0 Å². The quantitative estimate of drug-likeness (QED) is 0.446. The van der Waals surface area contributed by atoms with Gasteiger partial charge in [-0.15, -0.1) is 0 Å². The first-order valence-corrected chi connectivity index (χ1v) is 12.0. The molecule has 4 aromatic rings. The highest BCUT2D eigenvalue weighted by molar-refractivity contribution is 5.84. The summed E-state index contributed by atoms with van der Waals surface area (Å²) in [4.78, 5) is 31.8. The first-order chi connectivity index (χ1) is 16.7. The molecular weight excluding hydrogens is 426 g/mol. The first-order valence-electron chi connectivity index (χ1n) is 12.0. The van der Waals surface area contributed by atoms with Crippen molar-refractivity contribution in [2.45, 2.75) is 32.2 Å². The molecule has 2 aliphatic rings. The van der Waals surface area contributed by atoms with Crippen molar-refractivity contribution in [1.82, 2.24) is 19.9 Å². The van der Waals surface area contributed by atoms with Crippen molar-refractivity contribution in [3.8, 4) is 11.3 Å². The zero-order chi connectivity index (χ0) is 23.0. The molecule has 34 heavy (non-hydrogen) atoms. The SMILES string of the molecule is O=C1N(Cc2ncoc2-c2ccccc2)CCCC12CCN(c1cnc3ccccc3n1)CC2. The standard InChI is InChI=1S/C27H27N5O2/c33-26-27(12-15-31(16-13-27)24-17-28-21-9-4-5-10-22(21)30-24)11-6-14-32(26)18-23-25(34-19-29-23)20-7-2-1-3-8-20/h1-5,7-10,17,19H,6,11-16,18H2. The smallest absolute Gasteiger partial charge is 0.229 e. The van der Waals surface area contributed by atoms with Crippen LogP contribution in [-0.2, 0) is 11.3 Å². The molecule has 1 amide bonds. The Hall–Kier alpha value is -3.74. The molecule has 0 atom stereocenters. The predicted molar refractivity (Wildman–Crippen MR) is 130 cm³/mol. The summed E-state index contributed by atoms with van der Waals surface area (Å²) < 4.78 is 5.69. The summed E-state index contributed by atoms with van der Waals surface area (Å²) >= 11 is 0. The van der Waals surface area contributed by atoms with E-state index < -0.39 is 0 Å². The van der Waals surface area contributed by atoms with Gasteiger partial charge in [0.15, 0.2) is 12.2 Å². The van der Waals surface area contributed by atoms with Crippen LogP contribution < -0.4 is 4.90 Å². The largest absolute Gasteiger partial charge is 0.443 e. The van der Waals surface area contributed by atoms with Gasteiger partial charge in [0, 0.05) is 25.2 Å². The number of aromatic nitrogens is 3. The van der Waals surface area contributed by atoms with Gasteiger partial charge in [-0.05, 0) is 37.8 Å². The van der Waals surface area contributed by atoms with E-state index >= 15 is 0 Å². The van der Waals surface area contributed by atoms with E-state index in [0.29, 0.717) is 6.54 Å². The molecule has 7 nitrogen and oxygen atoms in total. The monoisotopic (exact) mass is 453 g/mol. The van der Waals surface area contributed by atoms with Crippen LogP contribution in [0.3, 0.4) is 0 Å². The summed E-state index contributed by atoms with van der Waals surface area (Å²) in [5.74, 6) is 1.89. The molecule has 0 bridgehead atoms. The molecule has 2 aromatic carbocycles. The van der Waals surface area contributed by atoms with Gasteiger partial charge in [-0.1, -0.05) is 42.5 Å². The zero-order valence-corrected chi connectivity index (χ0v) is 19.1. The molecule has 0 N–H and O–H groups in total. The summed E-state index contributed by atoms with van der Waals surface area (Å²) in [5, 5.41) is 0. The molecule has 6 rings (SSSR count). The first kappa shape index (κ1) is 20.8. The topological polar surface area (TPSA) is 75.4 Å². The third kappa shape index (κ3) is 3.71. The number of carbonyl (C=O) groups excluding carboxylic acids is 1. The van der Waals surface area contributed by atoms with Crippen molar-refractivity contribution < 1.29 is 9.21 Å². The Kier molecular flexibility index (Phi) is 5.24. The number of piperidine rings is 2. The third-order valence-electron chi connectivity index (χ3n) is 7.32. The summed E-state index contributed by atoms with van der Waals surface area (Å²) in [6.45, 7) is 2.88. The number of nitrogens with zero attached hydrogens (tertiary/aromatic N) is 5. The summed E-state index contributed by atoms with van der Waals surface area (Å²) in [6.07, 6.45) is 6.96. The van der Waals surface area contributed by atoms with E-state index in [-0.39, 0.29) is 11.3 Å². The molecule has 2 aromatic heterocycles. The minimum absolute atomic E-state index is 0.255. The fourth-order valence-electron chi connectivity index (χ4n) is 5.42. The van der Waals surface area contributed by atoms with Crippen molar-refractivity contribution in [3.05, 3.63) is 72.9 Å². The Morgan fingerprint density at radius 2 is 1.65 bits per heavy atom. The lowest BCUT2D eigenvalue weighted by molar-refractivity contribution is -0.148. The van der Waals surface area contributed by atoms with Gasteiger partial charge in [-0.2, -0.15) is 0 Å². The summed E-state index contributed by atoms with van der Waals surface area (Å²) in [7, 11) is 0. The molecule has 2 saturated heterocycles. The molecule has 2 aliphatic heterocycles. The number of carbonyl (C=O) groups is 1. The van der Waals surface area contributed by atoms with Crippen LogP contribution in [0.1, 0.15) is 31.4 Å². The molecule has 0 saturated carbocycles. The number of likely N-dealkylation sites (tertiary alicyclic amines) is 1. The van der Waals surface area contributed by atoms with Crippen molar-refractivity contribution in [2.75, 3.05) is 24.5 Å². The van der Waals surface area contributed by atoms with Gasteiger partial charge in [0.05, 0.1) is 29.2 Å². The molecule has 0 radical (unpaired) electrons. The highest BCUT2D eigenvalue weighted by Crippen LogP contribution is 2.42. The van der Waals surface area contributed by atoms with E-state index in [4.69, 9.17) is 9.40 Å². The predicted octanol–water partition coefficient (Wildman–Crippen LogP) is 4.69. The summed E-state index contributed by atoms with van der Waals surface area (Å²) in [6, 6.07) is 17.9. The van der Waals surface area contributed by atoms with Crippen molar-refractivity contribution >= 4 is 22.8 Å². The normalized spacial score (nSPS) is 18.1. The Bertz CT molecular complexity index is 1310. The number of oxazole rings is 1. The van der Waals surface area contributed by atoms with Crippen LogP contribution in [0.25, 0.3) is 22.4 Å². The molecule has 2 fully saturated rings. The number of hydrogen-bond donors (Lipinski definition) is 0. The van der Waals surface area contributed by atoms with Gasteiger partial charge < -0.3 is 14.2 Å². The fourth-order valence-corrected chi connectivity index (χ4v) is 5.42. The molecule has 172 valence electrons. The third-order valence-corrected chi connectivity index (χ3v) is 7.32. The van der Waals surface area contributed by atoms with Crippen LogP contribution in [0.15, 0.2) is 71.6 Å². The molecular formula is C27H27N5O2. The van der Waals surface area contributed by atoms with Crippen LogP contribution in [0.4, 0.5) is 5.82 Å². The Labute approximate surface area is 198 Å². The van der Waals surface area contributed by atoms with E-state index in [1.807, 2.05) is 65.7 Å². The number of amides is 1. The van der Waals surface area contributed by atoms with Crippen LogP contribution in [0, 0.1) is 5.41 Å². The van der Waals surface area contributed by atoms with E-state index in [9.17, 15) is 4.79 Å². The summed E-state index contributed by atoms with van der Waals surface area (Å²) in [5.41, 5.74) is 3.32. The number of hydrogen-bond acceptors (Lipinski definition) is 6. The minimum atomic E-state index is -0.296. The Morgan fingerprint density at radius 1 is 0.882 bits per heavy atom. The van der Waals surface area contributed by atoms with E-state index in [1.165, 1.54) is 6.39 Å². The fraction of sp³-hybridized carbons (Fsp3) is 0.333. The van der Waals surface area contributed by atoms with Gasteiger partial charge in [-0.25, -0.2) is 9.97 Å². The second-order valence-electron chi connectivity index (χ2n) is 9.31. The van der Waals surface area contributed by atoms with Crippen LogP contribution in [0.2, 0.25) is 0 Å². The lowest BCUT2D eigenvalue weighted by Gasteiger charge is -2.46. The number of fused-ring (bicyclic) bond motifs is 1. The highest BCUT2D eigenvalue weighted by Gasteiger charge is 2.46. The lowest BCUT2D eigenvalue weighted by Crippen LogP contribution is -2.53. The van der Waals surface area contributed by atoms with Gasteiger partial charge in [0.2, 0.25) is 5.91 Å². The number of para-hydroxylation sites is 2. The Balaban J connectivity index is 1.17. The maximum absolute atomic E-state index is 13.7. The maximum atomic E-state index is 13.7. The second kappa shape index (κ2) is 8.56. The highest BCUT2D eigenvalue weighted by atomic mass is 16.3. The molecule has 1 spiro atoms. The second-order valence-corrected chi connectivity index (χ2v) is 9.31. The number of rotatable bonds is 4. The van der Waals surface area contributed by atoms with Crippen molar-refractivity contribution in [1.29, 1.82) is 0 Å². The van der Waals surface area contributed by atoms with Gasteiger partial charge in [0.25, 0.3) is 0 Å². The molecule has 0 aliphatic carbocycles. The number of benzene rings is 2. The maximum Gasteiger partial charge on any atom is 0.229 e. The van der Waals surface area contributed by atoms with Crippen LogP contribution in [0.5, 0.6) is 0 Å². The van der Waals surface area contributed by atoms with Gasteiger partial charge in [-0.3, -0.25) is 9.78 Å². The Morgan fingerprint density at radius 3 is 2.47 bits per heavy atom. The average Bonchev–Trinajstić information content (AvgIpc) is 3.36. The minimum Gasteiger partial charge on any atom is -0.443 e. The van der Waals surface area contributed by atoms with E-state index in [2.05, 4.69) is 14.9 Å². The van der Waals surface area contributed by atoms with Gasteiger partial charge >= 0.3 is 0 Å². The van der Waals surface area contributed by atoms with Gasteiger partial charge in [0.1, 0.15) is 11.5 Å². The van der Waals surface area contributed by atoms with Crippen LogP contribution >= 0.6 is 0 Å². The number of anilines is 1. The average molecular weight is 454 g/mol. The molecule has 4 heterocycles. The molecule has 0 unspecified atom stereocenters. The van der Waals surface area contributed by atoms with Crippen molar-refractivity contribution in [3.63, 3.8) is 0 Å². The lowest BCUT2D eigenvalue weighted by atomic mass is 9.71. The molecule has 7 heteroatoms.